The number of rotatable bonds is 6. The largest absolute Gasteiger partial charge is 0.396 e. The summed E-state index contributed by atoms with van der Waals surface area (Å²) in [5.41, 5.74) is -0.921. The van der Waals surface area contributed by atoms with Gasteiger partial charge >= 0.3 is 0 Å². The lowest BCUT2D eigenvalue weighted by atomic mass is 9.85. The van der Waals surface area contributed by atoms with E-state index in [1.165, 1.54) is 0 Å². The van der Waals surface area contributed by atoms with Gasteiger partial charge < -0.3 is 24.8 Å². The van der Waals surface area contributed by atoms with Crippen molar-refractivity contribution in [1.82, 2.24) is 0 Å². The third-order valence-corrected chi connectivity index (χ3v) is 2.22. The Bertz CT molecular complexity index is 117. The zero-order valence-corrected chi connectivity index (χ0v) is 10.1. The molecule has 5 nitrogen and oxygen atoms in total. The van der Waals surface area contributed by atoms with Gasteiger partial charge in [0.1, 0.15) is 0 Å². The molecule has 0 amide bonds. The summed E-state index contributed by atoms with van der Waals surface area (Å²) in [5, 5.41) is 26.9. The molecule has 0 aliphatic carbocycles. The molecule has 0 heterocycles. The average Bonchev–Trinajstić information content (AvgIpc) is 2.23. The van der Waals surface area contributed by atoms with Gasteiger partial charge in [-0.3, -0.25) is 0 Å². The van der Waals surface area contributed by atoms with Gasteiger partial charge in [-0.05, 0) is 13.8 Å². The molecule has 0 aliphatic rings. The standard InChI is InChI=1S/C8H18O4.C2H6O/c1-3-12-7(2)8(4-9,5-10)6-11;1-3-2/h7,9-11H,3-6H2,1-2H3;1-2H3. The normalized spacial score (nSPS) is 13.0. The second kappa shape index (κ2) is 10.3. The summed E-state index contributed by atoms with van der Waals surface area (Å²) in [5.74, 6) is 0. The van der Waals surface area contributed by atoms with Crippen molar-refractivity contribution in [3.05, 3.63) is 0 Å². The first-order valence-electron chi connectivity index (χ1n) is 4.92. The minimum Gasteiger partial charge on any atom is -0.396 e. The summed E-state index contributed by atoms with van der Waals surface area (Å²) in [4.78, 5) is 0. The van der Waals surface area contributed by atoms with Crippen molar-refractivity contribution in [3.63, 3.8) is 0 Å². The van der Waals surface area contributed by atoms with Crippen molar-refractivity contribution in [2.75, 3.05) is 40.6 Å². The van der Waals surface area contributed by atoms with Crippen molar-refractivity contribution >= 4 is 0 Å². The van der Waals surface area contributed by atoms with Crippen LogP contribution in [0, 0.1) is 5.41 Å². The SMILES string of the molecule is CCOC(C)C(CO)(CO)CO.COC. The minimum atomic E-state index is -0.921. The summed E-state index contributed by atoms with van der Waals surface area (Å²) in [6.07, 6.45) is -0.345. The molecule has 0 aromatic rings. The predicted molar refractivity (Wildman–Crippen MR) is 57.7 cm³/mol. The highest BCUT2D eigenvalue weighted by Crippen LogP contribution is 2.22. The van der Waals surface area contributed by atoms with Crippen LogP contribution in [0.25, 0.3) is 0 Å². The van der Waals surface area contributed by atoms with Gasteiger partial charge in [-0.2, -0.15) is 0 Å². The van der Waals surface area contributed by atoms with Crippen molar-refractivity contribution in [3.8, 4) is 0 Å². The van der Waals surface area contributed by atoms with Crippen LogP contribution in [-0.4, -0.2) is 62.1 Å². The molecule has 0 aliphatic heterocycles. The number of aliphatic hydroxyl groups excluding tert-OH is 3. The summed E-state index contributed by atoms with van der Waals surface area (Å²) in [6, 6.07) is 0. The molecule has 0 bridgehead atoms. The van der Waals surface area contributed by atoms with Crippen molar-refractivity contribution < 1.29 is 24.8 Å². The van der Waals surface area contributed by atoms with E-state index in [2.05, 4.69) is 4.74 Å². The Morgan fingerprint density at radius 2 is 1.40 bits per heavy atom. The van der Waals surface area contributed by atoms with Gasteiger partial charge in [-0.1, -0.05) is 0 Å². The molecule has 0 rings (SSSR count). The average molecular weight is 224 g/mol. The van der Waals surface area contributed by atoms with E-state index in [4.69, 9.17) is 20.1 Å². The lowest BCUT2D eigenvalue weighted by Crippen LogP contribution is -2.45. The molecular formula is C10H24O5. The monoisotopic (exact) mass is 224 g/mol. The molecule has 94 valence electrons. The van der Waals surface area contributed by atoms with Crippen LogP contribution in [0.2, 0.25) is 0 Å². The highest BCUT2D eigenvalue weighted by atomic mass is 16.5. The van der Waals surface area contributed by atoms with E-state index in [0.717, 1.165) is 0 Å². The van der Waals surface area contributed by atoms with E-state index in [-0.39, 0.29) is 25.9 Å². The zero-order chi connectivity index (χ0) is 12.3. The van der Waals surface area contributed by atoms with Crippen LogP contribution in [0.4, 0.5) is 0 Å². The van der Waals surface area contributed by atoms with Crippen molar-refractivity contribution in [2.24, 2.45) is 5.41 Å². The zero-order valence-electron chi connectivity index (χ0n) is 10.1. The van der Waals surface area contributed by atoms with Crippen LogP contribution in [-0.2, 0) is 9.47 Å². The van der Waals surface area contributed by atoms with Crippen LogP contribution in [0.15, 0.2) is 0 Å². The molecular weight excluding hydrogens is 200 g/mol. The van der Waals surface area contributed by atoms with Gasteiger partial charge in [0.2, 0.25) is 0 Å². The van der Waals surface area contributed by atoms with Gasteiger partial charge in [0.15, 0.2) is 0 Å². The maximum atomic E-state index is 8.97. The van der Waals surface area contributed by atoms with Crippen molar-refractivity contribution in [1.29, 1.82) is 0 Å². The van der Waals surface area contributed by atoms with Gasteiger partial charge in [-0.25, -0.2) is 0 Å². The smallest absolute Gasteiger partial charge is 0.0669 e. The summed E-state index contributed by atoms with van der Waals surface area (Å²) in [6.45, 7) is 3.23. The molecule has 5 heteroatoms. The Morgan fingerprint density at radius 1 is 1.07 bits per heavy atom. The maximum Gasteiger partial charge on any atom is 0.0669 e. The lowest BCUT2D eigenvalue weighted by molar-refractivity contribution is -0.102. The minimum absolute atomic E-state index is 0.277. The quantitative estimate of drug-likeness (QED) is 0.574. The van der Waals surface area contributed by atoms with E-state index < -0.39 is 5.41 Å². The van der Waals surface area contributed by atoms with Gasteiger partial charge in [0.05, 0.1) is 31.3 Å². The van der Waals surface area contributed by atoms with Gasteiger partial charge in [0, 0.05) is 20.8 Å². The molecule has 15 heavy (non-hydrogen) atoms. The van der Waals surface area contributed by atoms with Gasteiger partial charge in [-0.15, -0.1) is 0 Å². The summed E-state index contributed by atoms with van der Waals surface area (Å²) >= 11 is 0. The predicted octanol–water partition coefficient (Wildman–Crippen LogP) is -0.363. The van der Waals surface area contributed by atoms with Gasteiger partial charge in [0.25, 0.3) is 0 Å². The fourth-order valence-electron chi connectivity index (χ4n) is 0.962. The Morgan fingerprint density at radius 3 is 1.60 bits per heavy atom. The van der Waals surface area contributed by atoms with E-state index in [0.29, 0.717) is 6.61 Å². The molecule has 1 atom stereocenters. The number of ether oxygens (including phenoxy) is 2. The van der Waals surface area contributed by atoms with E-state index in [1.807, 2.05) is 6.92 Å². The second-order valence-corrected chi connectivity index (χ2v) is 3.34. The molecule has 0 fully saturated rings. The van der Waals surface area contributed by atoms with Crippen molar-refractivity contribution in [2.45, 2.75) is 20.0 Å². The first-order valence-corrected chi connectivity index (χ1v) is 4.92. The van der Waals surface area contributed by atoms with Crippen LogP contribution in [0.5, 0.6) is 0 Å². The Labute approximate surface area is 91.6 Å². The molecule has 0 aromatic heterocycles. The van der Waals surface area contributed by atoms with Crippen LogP contribution in [0.3, 0.4) is 0 Å². The molecule has 0 saturated carbocycles. The third-order valence-electron chi connectivity index (χ3n) is 2.22. The second-order valence-electron chi connectivity index (χ2n) is 3.34. The summed E-state index contributed by atoms with van der Waals surface area (Å²) < 4.78 is 9.45. The molecule has 0 saturated heterocycles. The Kier molecular flexibility index (Phi) is 11.8. The van der Waals surface area contributed by atoms with E-state index in [9.17, 15) is 0 Å². The van der Waals surface area contributed by atoms with E-state index in [1.54, 1.807) is 21.1 Å². The number of aliphatic hydroxyl groups is 3. The molecule has 1 unspecified atom stereocenters. The van der Waals surface area contributed by atoms with Crippen LogP contribution in [0.1, 0.15) is 13.8 Å². The molecule has 0 spiro atoms. The first kappa shape index (κ1) is 17.2. The fraction of sp³-hybridized carbons (Fsp3) is 1.00. The fourth-order valence-corrected chi connectivity index (χ4v) is 0.962. The Balaban J connectivity index is 0. The number of methoxy groups -OCH3 is 1. The van der Waals surface area contributed by atoms with E-state index >= 15 is 0 Å². The molecule has 0 radical (unpaired) electrons. The maximum absolute atomic E-state index is 8.97. The number of hydrogen-bond donors (Lipinski definition) is 3. The molecule has 0 aromatic carbocycles. The molecule has 3 N–H and O–H groups in total. The lowest BCUT2D eigenvalue weighted by Gasteiger charge is -2.33. The highest BCUT2D eigenvalue weighted by molar-refractivity contribution is 4.83. The Hall–Kier alpha value is -0.200. The third kappa shape index (κ3) is 6.06. The summed E-state index contributed by atoms with van der Waals surface area (Å²) in [7, 11) is 3.25. The van der Waals surface area contributed by atoms with Crippen LogP contribution < -0.4 is 0 Å². The highest BCUT2D eigenvalue weighted by Gasteiger charge is 2.35. The van der Waals surface area contributed by atoms with Crippen LogP contribution >= 0.6 is 0 Å². The topological polar surface area (TPSA) is 79.2 Å². The first-order chi connectivity index (χ1) is 7.08. The number of hydrogen-bond acceptors (Lipinski definition) is 5.